The molecule has 0 spiro atoms. The van der Waals surface area contributed by atoms with Crippen LogP contribution in [0.5, 0.6) is 0 Å². The van der Waals surface area contributed by atoms with Crippen LogP contribution in [0.3, 0.4) is 0 Å². The lowest BCUT2D eigenvalue weighted by Gasteiger charge is -2.25. The van der Waals surface area contributed by atoms with Gasteiger partial charge in [0.1, 0.15) is 0 Å². The van der Waals surface area contributed by atoms with Gasteiger partial charge in [-0.1, -0.05) is 0 Å². The molecule has 0 radical (unpaired) electrons. The van der Waals surface area contributed by atoms with E-state index in [9.17, 15) is 18.3 Å². The van der Waals surface area contributed by atoms with Gasteiger partial charge in [-0.25, -0.2) is 0 Å². The maximum absolute atomic E-state index is 12.9. The summed E-state index contributed by atoms with van der Waals surface area (Å²) < 4.78 is 38.6. The van der Waals surface area contributed by atoms with E-state index in [4.69, 9.17) is 5.26 Å². The summed E-state index contributed by atoms with van der Waals surface area (Å²) in [5.74, 6) is -1.08. The van der Waals surface area contributed by atoms with Gasteiger partial charge in [0.25, 0.3) is 0 Å². The Morgan fingerprint density at radius 2 is 1.85 bits per heavy atom. The lowest BCUT2D eigenvalue weighted by molar-refractivity contribution is -0.0973. The first-order chi connectivity index (χ1) is 9.40. The summed E-state index contributed by atoms with van der Waals surface area (Å²) in [6, 6.07) is 1.71. The molecule has 1 unspecified atom stereocenters. The molecule has 0 aromatic heterocycles. The minimum absolute atomic E-state index is 0.00207. The van der Waals surface area contributed by atoms with Crippen molar-refractivity contribution in [3.8, 4) is 6.07 Å². The number of allylic oxidation sites excluding steroid dienone is 2. The molecule has 0 amide bonds. The zero-order chi connectivity index (χ0) is 14.8. The van der Waals surface area contributed by atoms with Crippen molar-refractivity contribution in [3.05, 3.63) is 11.6 Å². The Bertz CT molecular complexity index is 454. The predicted molar refractivity (Wildman–Crippen MR) is 68.2 cm³/mol. The van der Waals surface area contributed by atoms with Crippen molar-refractivity contribution in [3.63, 3.8) is 0 Å². The van der Waals surface area contributed by atoms with Gasteiger partial charge < -0.3 is 5.11 Å². The van der Waals surface area contributed by atoms with Crippen molar-refractivity contribution in [2.75, 3.05) is 0 Å². The molecule has 1 atom stereocenters. The average molecular weight is 286 g/mol. The topological polar surface area (TPSA) is 56.4 Å². The van der Waals surface area contributed by atoms with Gasteiger partial charge in [-0.15, -0.1) is 0 Å². The van der Waals surface area contributed by atoms with Crippen molar-refractivity contribution in [1.29, 1.82) is 5.26 Å². The normalized spacial score (nSPS) is 33.6. The highest BCUT2D eigenvalue weighted by Crippen LogP contribution is 2.36. The molecule has 3 nitrogen and oxygen atoms in total. The van der Waals surface area contributed by atoms with Crippen LogP contribution >= 0.6 is 0 Å². The van der Waals surface area contributed by atoms with E-state index in [1.54, 1.807) is 6.07 Å². The van der Waals surface area contributed by atoms with Crippen molar-refractivity contribution >= 4 is 5.71 Å². The second-order valence-corrected chi connectivity index (χ2v) is 5.40. The van der Waals surface area contributed by atoms with Crippen LogP contribution < -0.4 is 0 Å². The fourth-order valence-electron chi connectivity index (χ4n) is 2.74. The van der Waals surface area contributed by atoms with Crippen LogP contribution in [0.4, 0.5) is 13.2 Å². The van der Waals surface area contributed by atoms with Crippen LogP contribution in [0.25, 0.3) is 0 Å². The summed E-state index contributed by atoms with van der Waals surface area (Å²) in [5, 5.41) is 18.2. The summed E-state index contributed by atoms with van der Waals surface area (Å²) in [6.07, 6.45) is -0.416. The van der Waals surface area contributed by atoms with Gasteiger partial charge in [0, 0.05) is 5.71 Å². The van der Waals surface area contributed by atoms with E-state index in [-0.39, 0.29) is 18.6 Å². The molecule has 110 valence electrons. The molecule has 20 heavy (non-hydrogen) atoms. The zero-order valence-electron chi connectivity index (χ0n) is 11.0. The van der Waals surface area contributed by atoms with E-state index in [1.165, 1.54) is 0 Å². The van der Waals surface area contributed by atoms with Crippen LogP contribution in [0.2, 0.25) is 0 Å². The first-order valence-electron chi connectivity index (χ1n) is 6.83. The van der Waals surface area contributed by atoms with Gasteiger partial charge in [0.05, 0.1) is 29.7 Å². The molecule has 1 N–H and O–H groups in total. The number of rotatable bonds is 1. The van der Waals surface area contributed by atoms with Crippen molar-refractivity contribution in [2.45, 2.75) is 56.8 Å². The zero-order valence-corrected chi connectivity index (χ0v) is 11.0. The number of aliphatic hydroxyl groups excluding tert-OH is 1. The standard InChI is InChI=1S/C14H17F3N2O/c15-14(16,17)13-7-11(2-1-9(13)8-18)19-10-3-5-12(20)6-4-10/h7,9-10,12,20H,1-6H2. The van der Waals surface area contributed by atoms with Gasteiger partial charge in [0.2, 0.25) is 0 Å². The lowest BCUT2D eigenvalue weighted by Crippen LogP contribution is -2.26. The van der Waals surface area contributed by atoms with Crippen molar-refractivity contribution in [2.24, 2.45) is 10.9 Å². The molecule has 1 fully saturated rings. The number of nitrogens with zero attached hydrogens (tertiary/aromatic N) is 2. The number of halogens is 3. The van der Waals surface area contributed by atoms with E-state index in [0.29, 0.717) is 37.8 Å². The second kappa shape index (κ2) is 5.96. The molecule has 0 saturated heterocycles. The van der Waals surface area contributed by atoms with Crippen molar-refractivity contribution < 1.29 is 18.3 Å². The highest BCUT2D eigenvalue weighted by molar-refractivity contribution is 5.97. The minimum atomic E-state index is -4.47. The van der Waals surface area contributed by atoms with E-state index >= 15 is 0 Å². The fraction of sp³-hybridized carbons (Fsp3) is 0.714. The molecule has 6 heteroatoms. The summed E-state index contributed by atoms with van der Waals surface area (Å²) in [6.45, 7) is 0. The van der Waals surface area contributed by atoms with Gasteiger partial charge in [-0.2, -0.15) is 18.4 Å². The molecular formula is C14H17F3N2O. The number of alkyl halides is 3. The number of hydrogen-bond acceptors (Lipinski definition) is 3. The Morgan fingerprint density at radius 3 is 2.40 bits per heavy atom. The molecule has 0 bridgehead atoms. The van der Waals surface area contributed by atoms with Crippen LogP contribution in [0.1, 0.15) is 38.5 Å². The third kappa shape index (κ3) is 3.60. The third-order valence-electron chi connectivity index (χ3n) is 3.88. The quantitative estimate of drug-likeness (QED) is 0.805. The van der Waals surface area contributed by atoms with Gasteiger partial charge in [0.15, 0.2) is 0 Å². The van der Waals surface area contributed by atoms with E-state index in [1.807, 2.05) is 0 Å². The summed E-state index contributed by atoms with van der Waals surface area (Å²) in [4.78, 5) is 4.38. The molecule has 0 aliphatic heterocycles. The van der Waals surface area contributed by atoms with Crippen LogP contribution in [-0.2, 0) is 0 Å². The van der Waals surface area contributed by atoms with Gasteiger partial charge in [-0.05, 0) is 44.6 Å². The lowest BCUT2D eigenvalue weighted by atomic mass is 9.86. The third-order valence-corrected chi connectivity index (χ3v) is 3.88. The average Bonchev–Trinajstić information content (AvgIpc) is 2.40. The molecule has 2 rings (SSSR count). The summed E-state index contributed by atoms with van der Waals surface area (Å²) >= 11 is 0. The summed E-state index contributed by atoms with van der Waals surface area (Å²) in [5.41, 5.74) is -0.342. The predicted octanol–water partition coefficient (Wildman–Crippen LogP) is 3.15. The number of hydrogen-bond donors (Lipinski definition) is 1. The van der Waals surface area contributed by atoms with Crippen LogP contribution in [0, 0.1) is 17.2 Å². The number of nitriles is 1. The molecular weight excluding hydrogens is 269 g/mol. The van der Waals surface area contributed by atoms with E-state index in [2.05, 4.69) is 4.99 Å². The molecule has 2 aliphatic carbocycles. The second-order valence-electron chi connectivity index (χ2n) is 5.40. The number of aliphatic imine (C=N–C) groups is 1. The molecule has 0 aromatic rings. The maximum atomic E-state index is 12.9. The monoisotopic (exact) mass is 286 g/mol. The van der Waals surface area contributed by atoms with E-state index < -0.39 is 17.7 Å². The highest BCUT2D eigenvalue weighted by atomic mass is 19.4. The number of aliphatic hydroxyl groups is 1. The molecule has 2 aliphatic rings. The molecule has 0 heterocycles. The Kier molecular flexibility index (Phi) is 4.48. The molecule has 1 saturated carbocycles. The largest absolute Gasteiger partial charge is 0.414 e. The summed E-state index contributed by atoms with van der Waals surface area (Å²) in [7, 11) is 0. The Balaban J connectivity index is 2.15. The Labute approximate surface area is 115 Å². The highest BCUT2D eigenvalue weighted by Gasteiger charge is 2.40. The van der Waals surface area contributed by atoms with Crippen LogP contribution in [0.15, 0.2) is 16.6 Å². The minimum Gasteiger partial charge on any atom is -0.393 e. The van der Waals surface area contributed by atoms with Crippen molar-refractivity contribution in [1.82, 2.24) is 0 Å². The smallest absolute Gasteiger partial charge is 0.393 e. The molecule has 0 aromatic carbocycles. The van der Waals surface area contributed by atoms with Gasteiger partial charge >= 0.3 is 6.18 Å². The maximum Gasteiger partial charge on any atom is 0.414 e. The van der Waals surface area contributed by atoms with E-state index in [0.717, 1.165) is 6.08 Å². The Morgan fingerprint density at radius 1 is 1.20 bits per heavy atom. The first-order valence-corrected chi connectivity index (χ1v) is 6.83. The Hall–Kier alpha value is -1.35. The SMILES string of the molecule is N#CC1CCC(=NC2CCC(O)CC2)C=C1C(F)(F)F. The fourth-order valence-corrected chi connectivity index (χ4v) is 2.74. The van der Waals surface area contributed by atoms with Crippen LogP contribution in [-0.4, -0.2) is 29.1 Å². The first kappa shape index (κ1) is 15.0. The van der Waals surface area contributed by atoms with Gasteiger partial charge in [-0.3, -0.25) is 4.99 Å².